The smallest absolute Gasteiger partial charge is 0.219 e. The third-order valence-corrected chi connectivity index (χ3v) is 7.77. The Morgan fingerprint density at radius 3 is 2.87 bits per heavy atom. The van der Waals surface area contributed by atoms with Gasteiger partial charge in [0, 0.05) is 50.0 Å². The summed E-state index contributed by atoms with van der Waals surface area (Å²) in [5.41, 5.74) is 5.61. The van der Waals surface area contributed by atoms with Crippen molar-refractivity contribution >= 4 is 11.7 Å². The standard InChI is InChI=1S/C24H32N4O2/c1-16(29)26-10-8-23-21(14-26)24(25-28(23)20-9-11-30-15-20)27-13-19(17-6-7-17)12-18-4-2-3-5-22(18)27/h2,4,17,19-20H,3,5-15H2,1H3/t19?,20-/m0/s1. The van der Waals surface area contributed by atoms with E-state index in [2.05, 4.69) is 21.7 Å². The van der Waals surface area contributed by atoms with E-state index in [9.17, 15) is 4.79 Å². The lowest BCUT2D eigenvalue weighted by Gasteiger charge is -2.39. The molecule has 0 N–H and O–H groups in total. The number of carbonyl (C=O) groups is 1. The van der Waals surface area contributed by atoms with Gasteiger partial charge in [-0.15, -0.1) is 0 Å². The SMILES string of the molecule is CC(=O)N1CCc2c(c(N3CC(C4CC4)CC4=C3CCC=C4)nn2[C@H]2CCOC2)C1. The van der Waals surface area contributed by atoms with Crippen LogP contribution in [-0.2, 0) is 22.5 Å². The van der Waals surface area contributed by atoms with Gasteiger partial charge in [-0.3, -0.25) is 9.48 Å². The lowest BCUT2D eigenvalue weighted by atomic mass is 9.85. The lowest BCUT2D eigenvalue weighted by molar-refractivity contribution is -0.129. The predicted molar refractivity (Wildman–Crippen MR) is 115 cm³/mol. The molecule has 1 aromatic rings. The average Bonchev–Trinajstić information content (AvgIpc) is 3.34. The van der Waals surface area contributed by atoms with Crippen LogP contribution in [0.1, 0.15) is 62.7 Å². The Morgan fingerprint density at radius 2 is 2.10 bits per heavy atom. The molecule has 160 valence electrons. The van der Waals surface area contributed by atoms with E-state index < -0.39 is 0 Å². The van der Waals surface area contributed by atoms with E-state index in [0.717, 1.165) is 69.6 Å². The summed E-state index contributed by atoms with van der Waals surface area (Å²) in [4.78, 5) is 16.7. The van der Waals surface area contributed by atoms with Gasteiger partial charge in [0.15, 0.2) is 5.82 Å². The normalized spacial score (nSPS) is 28.7. The van der Waals surface area contributed by atoms with Crippen LogP contribution in [0.5, 0.6) is 0 Å². The molecule has 0 aromatic carbocycles. The summed E-state index contributed by atoms with van der Waals surface area (Å²) in [5, 5.41) is 5.26. The van der Waals surface area contributed by atoms with Crippen molar-refractivity contribution in [2.24, 2.45) is 11.8 Å². The highest BCUT2D eigenvalue weighted by atomic mass is 16.5. The average molecular weight is 409 g/mol. The summed E-state index contributed by atoms with van der Waals surface area (Å²) < 4.78 is 7.97. The molecule has 2 aliphatic carbocycles. The number of aromatic nitrogens is 2. The van der Waals surface area contributed by atoms with Crippen LogP contribution in [0.2, 0.25) is 0 Å². The molecule has 6 heteroatoms. The van der Waals surface area contributed by atoms with Crippen molar-refractivity contribution in [1.82, 2.24) is 14.7 Å². The molecule has 1 unspecified atom stereocenters. The first-order chi connectivity index (χ1) is 14.7. The molecule has 1 aromatic heterocycles. The van der Waals surface area contributed by atoms with Crippen molar-refractivity contribution < 1.29 is 9.53 Å². The van der Waals surface area contributed by atoms with E-state index in [4.69, 9.17) is 9.84 Å². The number of hydrogen-bond donors (Lipinski definition) is 0. The number of fused-ring (bicyclic) bond motifs is 1. The lowest BCUT2D eigenvalue weighted by Crippen LogP contribution is -2.38. The van der Waals surface area contributed by atoms with Gasteiger partial charge in [-0.25, -0.2) is 0 Å². The number of amides is 1. The number of anilines is 1. The fourth-order valence-corrected chi connectivity index (χ4v) is 5.92. The van der Waals surface area contributed by atoms with Crippen molar-refractivity contribution in [3.63, 3.8) is 0 Å². The maximum atomic E-state index is 12.2. The Labute approximate surface area is 178 Å². The zero-order valence-corrected chi connectivity index (χ0v) is 18.0. The van der Waals surface area contributed by atoms with Crippen LogP contribution in [-0.4, -0.2) is 46.9 Å². The summed E-state index contributed by atoms with van der Waals surface area (Å²) >= 11 is 0. The van der Waals surface area contributed by atoms with Crippen LogP contribution in [0, 0.1) is 11.8 Å². The molecular formula is C24H32N4O2. The second kappa shape index (κ2) is 7.26. The zero-order chi connectivity index (χ0) is 20.2. The van der Waals surface area contributed by atoms with Crippen molar-refractivity contribution in [3.05, 3.63) is 34.7 Å². The number of carbonyl (C=O) groups excluding carboxylic acids is 1. The molecule has 1 saturated carbocycles. The summed E-state index contributed by atoms with van der Waals surface area (Å²) in [5.74, 6) is 2.90. The minimum Gasteiger partial charge on any atom is -0.379 e. The number of rotatable bonds is 3. The van der Waals surface area contributed by atoms with Gasteiger partial charge in [-0.05, 0) is 55.9 Å². The summed E-state index contributed by atoms with van der Waals surface area (Å²) in [6, 6.07) is 0.333. The van der Waals surface area contributed by atoms with Gasteiger partial charge in [-0.2, -0.15) is 5.10 Å². The summed E-state index contributed by atoms with van der Waals surface area (Å²) in [6.45, 7) is 5.84. The Kier molecular flexibility index (Phi) is 4.52. The third kappa shape index (κ3) is 3.11. The van der Waals surface area contributed by atoms with Crippen molar-refractivity contribution in [3.8, 4) is 0 Å². The Bertz CT molecular complexity index is 920. The maximum Gasteiger partial charge on any atom is 0.219 e. The van der Waals surface area contributed by atoms with Gasteiger partial charge >= 0.3 is 0 Å². The molecule has 0 spiro atoms. The molecule has 6 nitrogen and oxygen atoms in total. The Balaban J connectivity index is 1.44. The highest BCUT2D eigenvalue weighted by Gasteiger charge is 2.40. The number of ether oxygens (including phenoxy) is 1. The van der Waals surface area contributed by atoms with Gasteiger partial charge in [0.2, 0.25) is 5.91 Å². The van der Waals surface area contributed by atoms with Gasteiger partial charge < -0.3 is 14.5 Å². The van der Waals surface area contributed by atoms with Crippen molar-refractivity contribution in [1.29, 1.82) is 0 Å². The van der Waals surface area contributed by atoms with E-state index in [-0.39, 0.29) is 5.91 Å². The molecule has 2 fully saturated rings. The Hall–Kier alpha value is -2.08. The van der Waals surface area contributed by atoms with Crippen LogP contribution in [0.4, 0.5) is 5.82 Å². The van der Waals surface area contributed by atoms with E-state index >= 15 is 0 Å². The first-order valence-electron chi connectivity index (χ1n) is 11.8. The van der Waals surface area contributed by atoms with Crippen LogP contribution in [0.15, 0.2) is 23.4 Å². The fourth-order valence-electron chi connectivity index (χ4n) is 5.92. The molecule has 30 heavy (non-hydrogen) atoms. The molecule has 1 amide bonds. The minimum atomic E-state index is 0.165. The molecule has 4 heterocycles. The van der Waals surface area contributed by atoms with Gasteiger partial charge in [0.25, 0.3) is 0 Å². The first-order valence-corrected chi connectivity index (χ1v) is 11.8. The first kappa shape index (κ1) is 18.7. The number of allylic oxidation sites excluding steroid dienone is 4. The van der Waals surface area contributed by atoms with Crippen molar-refractivity contribution in [2.45, 2.75) is 64.5 Å². The highest BCUT2D eigenvalue weighted by Crippen LogP contribution is 2.47. The van der Waals surface area contributed by atoms with E-state index in [1.165, 1.54) is 41.8 Å². The number of nitrogens with zero attached hydrogens (tertiary/aromatic N) is 4. The van der Waals surface area contributed by atoms with Crippen molar-refractivity contribution in [2.75, 3.05) is 31.2 Å². The summed E-state index contributed by atoms with van der Waals surface area (Å²) in [6.07, 6.45) is 12.9. The second-order valence-electron chi connectivity index (χ2n) is 9.73. The third-order valence-electron chi connectivity index (χ3n) is 7.77. The molecule has 6 rings (SSSR count). The van der Waals surface area contributed by atoms with Crippen LogP contribution in [0.3, 0.4) is 0 Å². The molecule has 3 aliphatic heterocycles. The summed E-state index contributed by atoms with van der Waals surface area (Å²) in [7, 11) is 0. The van der Waals surface area contributed by atoms with Crippen LogP contribution >= 0.6 is 0 Å². The van der Waals surface area contributed by atoms with Gasteiger partial charge in [0.05, 0.1) is 19.2 Å². The van der Waals surface area contributed by atoms with Crippen LogP contribution < -0.4 is 4.90 Å². The molecule has 0 bridgehead atoms. The maximum absolute atomic E-state index is 12.2. The predicted octanol–water partition coefficient (Wildman–Crippen LogP) is 3.59. The fraction of sp³-hybridized carbons (Fsp3) is 0.667. The highest BCUT2D eigenvalue weighted by molar-refractivity contribution is 5.74. The topological polar surface area (TPSA) is 50.6 Å². The quantitative estimate of drug-likeness (QED) is 0.767. The van der Waals surface area contributed by atoms with E-state index in [1.807, 2.05) is 4.90 Å². The number of hydrogen-bond acceptors (Lipinski definition) is 4. The minimum absolute atomic E-state index is 0.165. The molecular weight excluding hydrogens is 376 g/mol. The van der Waals surface area contributed by atoms with E-state index in [0.29, 0.717) is 12.6 Å². The largest absolute Gasteiger partial charge is 0.379 e. The van der Waals surface area contributed by atoms with Gasteiger partial charge in [0.1, 0.15) is 0 Å². The van der Waals surface area contributed by atoms with Crippen LogP contribution in [0.25, 0.3) is 0 Å². The second-order valence-corrected chi connectivity index (χ2v) is 9.73. The molecule has 1 saturated heterocycles. The monoisotopic (exact) mass is 408 g/mol. The van der Waals surface area contributed by atoms with Gasteiger partial charge in [-0.1, -0.05) is 12.2 Å². The zero-order valence-electron chi connectivity index (χ0n) is 18.0. The van der Waals surface area contributed by atoms with E-state index in [1.54, 1.807) is 6.92 Å². The molecule has 2 atom stereocenters. The molecule has 0 radical (unpaired) electrons. The molecule has 5 aliphatic rings. The Morgan fingerprint density at radius 1 is 1.20 bits per heavy atom.